The van der Waals surface area contributed by atoms with E-state index >= 15 is 0 Å². The summed E-state index contributed by atoms with van der Waals surface area (Å²) in [5, 5.41) is 2.61. The zero-order chi connectivity index (χ0) is 26.1. The number of para-hydroxylation sites is 2. The molecule has 3 aromatic carbocycles. The number of amides is 2. The molecular weight excluding hydrogens is 478 g/mol. The minimum absolute atomic E-state index is 0.0386. The fourth-order valence-electron chi connectivity index (χ4n) is 3.94. The predicted molar refractivity (Wildman–Crippen MR) is 139 cm³/mol. The van der Waals surface area contributed by atoms with Gasteiger partial charge in [0.1, 0.15) is 18.3 Å². The molecule has 0 fully saturated rings. The Morgan fingerprint density at radius 3 is 2.08 bits per heavy atom. The van der Waals surface area contributed by atoms with Crippen molar-refractivity contribution in [2.24, 2.45) is 0 Å². The summed E-state index contributed by atoms with van der Waals surface area (Å²) in [7, 11) is -1.19. The quantitative estimate of drug-likeness (QED) is 0.427. The molecule has 1 N–H and O–H groups in total. The average molecular weight is 510 g/mol. The lowest BCUT2D eigenvalue weighted by Gasteiger charge is -2.33. The summed E-state index contributed by atoms with van der Waals surface area (Å²) in [6.45, 7) is 1.44. The van der Waals surface area contributed by atoms with Gasteiger partial charge in [0, 0.05) is 13.6 Å². The van der Waals surface area contributed by atoms with Gasteiger partial charge in [0.15, 0.2) is 0 Å². The molecule has 0 spiro atoms. The maximum atomic E-state index is 13.8. The van der Waals surface area contributed by atoms with Gasteiger partial charge in [-0.3, -0.25) is 13.9 Å². The number of benzene rings is 3. The number of sulfonamides is 1. The highest BCUT2D eigenvalue weighted by molar-refractivity contribution is 7.92. The van der Waals surface area contributed by atoms with Crippen molar-refractivity contribution in [3.8, 4) is 5.75 Å². The lowest BCUT2D eigenvalue weighted by atomic mass is 10.1. The number of carbonyl (C=O) groups excluding carboxylic acids is 2. The Morgan fingerprint density at radius 1 is 0.917 bits per heavy atom. The molecular formula is C27H31N3O5S. The van der Waals surface area contributed by atoms with Gasteiger partial charge in [-0.2, -0.15) is 0 Å². The van der Waals surface area contributed by atoms with Crippen LogP contribution in [0.25, 0.3) is 0 Å². The van der Waals surface area contributed by atoms with E-state index in [4.69, 9.17) is 4.74 Å². The number of likely N-dealkylation sites (N-methyl/N-ethyl adjacent to an activating group) is 1. The minimum atomic E-state index is -4.14. The van der Waals surface area contributed by atoms with E-state index in [1.54, 1.807) is 42.5 Å². The average Bonchev–Trinajstić information content (AvgIpc) is 2.92. The molecule has 190 valence electrons. The second kappa shape index (κ2) is 12.2. The summed E-state index contributed by atoms with van der Waals surface area (Å²) in [5.41, 5.74) is 1.05. The molecule has 8 nitrogen and oxygen atoms in total. The van der Waals surface area contributed by atoms with Crippen LogP contribution in [0.4, 0.5) is 5.69 Å². The molecule has 3 rings (SSSR count). The molecule has 0 aromatic heterocycles. The molecule has 0 aliphatic carbocycles. The Labute approximate surface area is 212 Å². The smallest absolute Gasteiger partial charge is 0.264 e. The molecule has 0 saturated heterocycles. The Bertz CT molecular complexity index is 1270. The van der Waals surface area contributed by atoms with Crippen molar-refractivity contribution in [1.29, 1.82) is 0 Å². The maximum absolute atomic E-state index is 13.8. The predicted octanol–water partition coefficient (Wildman–Crippen LogP) is 3.44. The molecule has 2 amide bonds. The molecule has 1 unspecified atom stereocenters. The van der Waals surface area contributed by atoms with Gasteiger partial charge in [-0.05, 0) is 36.2 Å². The van der Waals surface area contributed by atoms with Gasteiger partial charge in [-0.15, -0.1) is 0 Å². The third-order valence-electron chi connectivity index (χ3n) is 5.79. The van der Waals surface area contributed by atoms with Crippen molar-refractivity contribution in [1.82, 2.24) is 10.2 Å². The van der Waals surface area contributed by atoms with Crippen LogP contribution in [-0.4, -0.2) is 51.9 Å². The fraction of sp³-hybridized carbons (Fsp3) is 0.259. The molecule has 0 aliphatic heterocycles. The van der Waals surface area contributed by atoms with E-state index in [0.717, 1.165) is 9.87 Å². The number of anilines is 1. The SMILES string of the molecule is CCC(C(=O)NC)N(Cc1ccccc1)C(=O)CN(c1ccccc1OC)S(=O)(=O)c1ccccc1. The van der Waals surface area contributed by atoms with Crippen LogP contribution in [0, 0.1) is 0 Å². The van der Waals surface area contributed by atoms with Crippen molar-refractivity contribution >= 4 is 27.5 Å². The fourth-order valence-corrected chi connectivity index (χ4v) is 5.38. The van der Waals surface area contributed by atoms with Crippen LogP contribution in [0.3, 0.4) is 0 Å². The second-order valence-corrected chi connectivity index (χ2v) is 9.90. The van der Waals surface area contributed by atoms with Gasteiger partial charge >= 0.3 is 0 Å². The molecule has 0 bridgehead atoms. The zero-order valence-corrected chi connectivity index (χ0v) is 21.4. The van der Waals surface area contributed by atoms with E-state index in [1.165, 1.54) is 31.2 Å². The van der Waals surface area contributed by atoms with Crippen LogP contribution in [0.2, 0.25) is 0 Å². The van der Waals surface area contributed by atoms with E-state index in [0.29, 0.717) is 12.2 Å². The Morgan fingerprint density at radius 2 is 1.50 bits per heavy atom. The Balaban J connectivity index is 2.08. The second-order valence-electron chi connectivity index (χ2n) is 8.04. The van der Waals surface area contributed by atoms with E-state index in [2.05, 4.69) is 5.32 Å². The highest BCUT2D eigenvalue weighted by Crippen LogP contribution is 2.32. The first kappa shape index (κ1) is 26.7. The zero-order valence-electron chi connectivity index (χ0n) is 20.6. The molecule has 0 heterocycles. The summed E-state index contributed by atoms with van der Waals surface area (Å²) in [6.07, 6.45) is 0.359. The number of rotatable bonds is 11. The van der Waals surface area contributed by atoms with E-state index < -0.39 is 28.5 Å². The molecule has 36 heavy (non-hydrogen) atoms. The number of nitrogens with one attached hydrogen (secondary N) is 1. The number of hydrogen-bond donors (Lipinski definition) is 1. The molecule has 0 radical (unpaired) electrons. The monoisotopic (exact) mass is 509 g/mol. The highest BCUT2D eigenvalue weighted by Gasteiger charge is 2.34. The third-order valence-corrected chi connectivity index (χ3v) is 7.57. The van der Waals surface area contributed by atoms with E-state index in [9.17, 15) is 18.0 Å². The first-order valence-corrected chi connectivity index (χ1v) is 13.0. The first-order chi connectivity index (χ1) is 17.3. The van der Waals surface area contributed by atoms with Crippen molar-refractivity contribution < 1.29 is 22.7 Å². The summed E-state index contributed by atoms with van der Waals surface area (Å²) in [5.74, 6) is -0.533. The van der Waals surface area contributed by atoms with Gasteiger partial charge in [0.2, 0.25) is 11.8 Å². The van der Waals surface area contributed by atoms with Crippen LogP contribution < -0.4 is 14.4 Å². The molecule has 1 atom stereocenters. The van der Waals surface area contributed by atoms with Gasteiger partial charge in [-0.25, -0.2) is 8.42 Å². The summed E-state index contributed by atoms with van der Waals surface area (Å²) < 4.78 is 34.0. The highest BCUT2D eigenvalue weighted by atomic mass is 32.2. The lowest BCUT2D eigenvalue weighted by Crippen LogP contribution is -2.51. The van der Waals surface area contributed by atoms with Gasteiger partial charge in [0.25, 0.3) is 10.0 Å². The van der Waals surface area contributed by atoms with Crippen molar-refractivity contribution in [3.63, 3.8) is 0 Å². The largest absolute Gasteiger partial charge is 0.495 e. The van der Waals surface area contributed by atoms with Gasteiger partial charge < -0.3 is 15.0 Å². The first-order valence-electron chi connectivity index (χ1n) is 11.6. The summed E-state index contributed by atoms with van der Waals surface area (Å²) in [4.78, 5) is 28.0. The number of carbonyl (C=O) groups is 2. The van der Waals surface area contributed by atoms with Crippen LogP contribution in [-0.2, 0) is 26.2 Å². The lowest BCUT2D eigenvalue weighted by molar-refractivity contribution is -0.140. The molecule has 0 aliphatic rings. The number of ether oxygens (including phenoxy) is 1. The maximum Gasteiger partial charge on any atom is 0.264 e. The standard InChI is InChI=1S/C27H31N3O5S/c1-4-23(27(32)28-2)29(19-21-13-7-5-8-14-21)26(31)20-30(24-17-11-12-18-25(24)35-3)36(33,34)22-15-9-6-10-16-22/h5-18,23H,4,19-20H2,1-3H3,(H,28,32). The van der Waals surface area contributed by atoms with Crippen LogP contribution in [0.5, 0.6) is 5.75 Å². The van der Waals surface area contributed by atoms with Crippen molar-refractivity contribution in [2.45, 2.75) is 30.8 Å². The van der Waals surface area contributed by atoms with Gasteiger partial charge in [0.05, 0.1) is 17.7 Å². The van der Waals surface area contributed by atoms with E-state index in [1.807, 2.05) is 37.3 Å². The normalized spacial score (nSPS) is 11.9. The Hall–Kier alpha value is -3.85. The number of methoxy groups -OCH3 is 1. The van der Waals surface area contributed by atoms with Crippen LogP contribution in [0.15, 0.2) is 89.8 Å². The molecule has 0 saturated carbocycles. The molecule has 3 aromatic rings. The Kier molecular flexibility index (Phi) is 9.08. The van der Waals surface area contributed by atoms with Crippen molar-refractivity contribution in [2.75, 3.05) is 25.0 Å². The minimum Gasteiger partial charge on any atom is -0.495 e. The van der Waals surface area contributed by atoms with E-state index in [-0.39, 0.29) is 23.0 Å². The third kappa shape index (κ3) is 6.04. The molecule has 9 heteroatoms. The van der Waals surface area contributed by atoms with Crippen molar-refractivity contribution in [3.05, 3.63) is 90.5 Å². The van der Waals surface area contributed by atoms with Gasteiger partial charge in [-0.1, -0.05) is 67.6 Å². The van der Waals surface area contributed by atoms with Crippen LogP contribution in [0.1, 0.15) is 18.9 Å². The summed E-state index contributed by atoms with van der Waals surface area (Å²) in [6, 6.07) is 23.0. The number of hydrogen-bond acceptors (Lipinski definition) is 5. The van der Waals surface area contributed by atoms with Crippen LogP contribution >= 0.6 is 0 Å². The summed E-state index contributed by atoms with van der Waals surface area (Å²) >= 11 is 0. The topological polar surface area (TPSA) is 96.0 Å². The number of nitrogens with zero attached hydrogens (tertiary/aromatic N) is 2.